The molecule has 3 aromatic carbocycles. The molecule has 40 heavy (non-hydrogen) atoms. The highest BCUT2D eigenvalue weighted by atomic mass is 31.1. The Morgan fingerprint density at radius 2 is 1.40 bits per heavy atom. The quantitative estimate of drug-likeness (QED) is 0.174. The summed E-state index contributed by atoms with van der Waals surface area (Å²) in [7, 11) is -3.45. The number of halogens is 1. The molecule has 3 unspecified atom stereocenters. The summed E-state index contributed by atoms with van der Waals surface area (Å²) in [4.78, 5) is 27.2. The molecular formula is C32H28FNO5P+. The second-order valence-electron chi connectivity index (χ2n) is 9.63. The first kappa shape index (κ1) is 28.8. The summed E-state index contributed by atoms with van der Waals surface area (Å²) in [5.74, 6) is 2.96. The van der Waals surface area contributed by atoms with Gasteiger partial charge in [0, 0.05) is 16.7 Å². The monoisotopic (exact) mass is 556 g/mol. The van der Waals surface area contributed by atoms with E-state index in [0.29, 0.717) is 33.6 Å². The number of benzene rings is 3. The average Bonchev–Trinajstić information content (AvgIpc) is 2.93. The van der Waals surface area contributed by atoms with Crippen LogP contribution in [0.15, 0.2) is 84.9 Å². The van der Waals surface area contributed by atoms with Crippen LogP contribution in [0.4, 0.5) is 4.39 Å². The minimum Gasteiger partial charge on any atom is -0.477 e. The van der Waals surface area contributed by atoms with E-state index in [0.717, 1.165) is 18.1 Å². The van der Waals surface area contributed by atoms with E-state index in [4.69, 9.17) is 4.98 Å². The number of carboxylic acids is 1. The van der Waals surface area contributed by atoms with Crippen molar-refractivity contribution in [3.05, 3.63) is 102 Å². The van der Waals surface area contributed by atoms with E-state index in [1.54, 1.807) is 12.1 Å². The SMILES string of the molecule is CC(C)c1nc(-c2ccccc2)c(-c2ccccc2)c(-c2ccc(F)cc2)c1C#CC(C(=O)O)(C(C)O)[P+](=O)O. The van der Waals surface area contributed by atoms with E-state index in [1.165, 1.54) is 12.1 Å². The summed E-state index contributed by atoms with van der Waals surface area (Å²) in [5.41, 5.74) is 4.94. The third-order valence-corrected chi connectivity index (χ3v) is 7.91. The van der Waals surface area contributed by atoms with Crippen LogP contribution in [-0.2, 0) is 9.36 Å². The molecule has 0 fully saturated rings. The van der Waals surface area contributed by atoms with Gasteiger partial charge in [-0.15, -0.1) is 0 Å². The number of pyridine rings is 1. The van der Waals surface area contributed by atoms with E-state index in [2.05, 4.69) is 11.8 Å². The van der Waals surface area contributed by atoms with Gasteiger partial charge >= 0.3 is 19.2 Å². The minimum atomic E-state index is -3.45. The topological polar surface area (TPSA) is 108 Å². The molecule has 0 bridgehead atoms. The molecule has 6 nitrogen and oxygen atoms in total. The van der Waals surface area contributed by atoms with Crippen molar-refractivity contribution < 1.29 is 28.9 Å². The molecule has 3 N–H and O–H groups in total. The maximum Gasteiger partial charge on any atom is 0.540 e. The Bertz CT molecular complexity index is 1590. The summed E-state index contributed by atoms with van der Waals surface area (Å²) >= 11 is 0. The number of aliphatic hydroxyl groups is 1. The van der Waals surface area contributed by atoms with Crippen LogP contribution in [0.5, 0.6) is 0 Å². The highest BCUT2D eigenvalue weighted by Crippen LogP contribution is 2.44. The van der Waals surface area contributed by atoms with Gasteiger partial charge in [-0.2, -0.15) is 4.89 Å². The summed E-state index contributed by atoms with van der Waals surface area (Å²) in [6.45, 7) is 4.93. The third-order valence-electron chi connectivity index (χ3n) is 6.63. The summed E-state index contributed by atoms with van der Waals surface area (Å²) < 4.78 is 26.4. The lowest BCUT2D eigenvalue weighted by Gasteiger charge is -2.22. The number of nitrogens with zero attached hydrogens (tertiary/aromatic N) is 1. The van der Waals surface area contributed by atoms with Crippen molar-refractivity contribution >= 4 is 14.0 Å². The van der Waals surface area contributed by atoms with Crippen molar-refractivity contribution in [3.8, 4) is 45.4 Å². The van der Waals surface area contributed by atoms with Crippen LogP contribution in [0.3, 0.4) is 0 Å². The lowest BCUT2D eigenvalue weighted by Crippen LogP contribution is -2.43. The number of rotatable bonds is 7. The summed E-state index contributed by atoms with van der Waals surface area (Å²) in [6, 6.07) is 24.8. The minimum absolute atomic E-state index is 0.204. The Morgan fingerprint density at radius 1 is 0.875 bits per heavy atom. The molecule has 0 aliphatic heterocycles. The lowest BCUT2D eigenvalue weighted by molar-refractivity contribution is -0.141. The van der Waals surface area contributed by atoms with E-state index in [1.807, 2.05) is 74.5 Å². The van der Waals surface area contributed by atoms with Gasteiger partial charge < -0.3 is 10.2 Å². The molecule has 4 aromatic rings. The van der Waals surface area contributed by atoms with Crippen molar-refractivity contribution in [2.75, 3.05) is 0 Å². The van der Waals surface area contributed by atoms with Crippen molar-refractivity contribution in [1.82, 2.24) is 4.98 Å². The molecule has 1 heterocycles. The zero-order valence-corrected chi connectivity index (χ0v) is 23.1. The summed E-state index contributed by atoms with van der Waals surface area (Å²) in [5, 5.41) is 17.6. The van der Waals surface area contributed by atoms with Gasteiger partial charge in [0.2, 0.25) is 0 Å². The molecule has 0 amide bonds. The number of aromatic nitrogens is 1. The van der Waals surface area contributed by atoms with E-state index >= 15 is 0 Å². The highest BCUT2D eigenvalue weighted by molar-refractivity contribution is 7.42. The molecule has 1 aromatic heterocycles. The van der Waals surface area contributed by atoms with Crippen LogP contribution in [0.2, 0.25) is 0 Å². The number of hydrogen-bond acceptors (Lipinski definition) is 4. The van der Waals surface area contributed by atoms with Crippen LogP contribution >= 0.6 is 8.03 Å². The maximum absolute atomic E-state index is 14.1. The average molecular weight is 557 g/mol. The number of carbonyl (C=O) groups is 1. The van der Waals surface area contributed by atoms with Gasteiger partial charge in [-0.1, -0.05) is 92.6 Å². The number of aliphatic hydroxyl groups excluding tert-OH is 1. The Morgan fingerprint density at radius 3 is 1.88 bits per heavy atom. The fraction of sp³-hybridized carbons (Fsp3) is 0.188. The molecule has 8 heteroatoms. The van der Waals surface area contributed by atoms with Crippen LogP contribution < -0.4 is 0 Å². The van der Waals surface area contributed by atoms with Crippen molar-refractivity contribution in [2.24, 2.45) is 0 Å². The van der Waals surface area contributed by atoms with Crippen LogP contribution in [0.1, 0.15) is 37.9 Å². The van der Waals surface area contributed by atoms with Crippen molar-refractivity contribution in [1.29, 1.82) is 0 Å². The first-order valence-corrected chi connectivity index (χ1v) is 13.8. The second-order valence-corrected chi connectivity index (χ2v) is 10.9. The van der Waals surface area contributed by atoms with Gasteiger partial charge in [0.15, 0.2) is 0 Å². The lowest BCUT2D eigenvalue weighted by atomic mass is 9.85. The molecule has 202 valence electrons. The zero-order chi connectivity index (χ0) is 29.0. The van der Waals surface area contributed by atoms with Gasteiger partial charge in [-0.25, -0.2) is 9.18 Å². The van der Waals surface area contributed by atoms with E-state index in [9.17, 15) is 28.9 Å². The van der Waals surface area contributed by atoms with Gasteiger partial charge in [-0.05, 0) is 46.6 Å². The van der Waals surface area contributed by atoms with Gasteiger partial charge in [0.1, 0.15) is 11.9 Å². The van der Waals surface area contributed by atoms with E-state index in [-0.39, 0.29) is 5.92 Å². The van der Waals surface area contributed by atoms with Crippen LogP contribution in [-0.4, -0.2) is 37.3 Å². The number of aliphatic carboxylic acids is 1. The highest BCUT2D eigenvalue weighted by Gasteiger charge is 2.60. The molecule has 0 spiro atoms. The number of carboxylic acid groups (broad SMARTS) is 1. The van der Waals surface area contributed by atoms with Crippen LogP contribution in [0.25, 0.3) is 33.5 Å². The molecule has 0 aliphatic rings. The standard InChI is InChI=1S/C32H27FNO5P/c1-20(2)29-26(18-19-32(21(3)35,31(36)37)40(38)39)27(23-14-16-25(33)17-15-23)28(22-10-6-4-7-11-22)30(34-29)24-12-8-5-9-13-24/h4-17,20-21,35H,1-3H3,(H-,36,37,38,39)/p+1. The Hall–Kier alpha value is -4.21. The number of hydrogen-bond donors (Lipinski definition) is 3. The smallest absolute Gasteiger partial charge is 0.477 e. The van der Waals surface area contributed by atoms with Gasteiger partial charge in [0.05, 0.1) is 17.0 Å². The Balaban J connectivity index is 2.24. The normalized spacial score (nSPS) is 13.6. The van der Waals surface area contributed by atoms with Crippen molar-refractivity contribution in [2.45, 2.75) is 37.9 Å². The predicted octanol–water partition coefficient (Wildman–Crippen LogP) is 6.64. The third kappa shape index (κ3) is 5.43. The molecular weight excluding hydrogens is 528 g/mol. The Labute approximate surface area is 233 Å². The van der Waals surface area contributed by atoms with Gasteiger partial charge in [0.25, 0.3) is 0 Å². The first-order chi connectivity index (χ1) is 19.1. The van der Waals surface area contributed by atoms with E-state index < -0.39 is 31.1 Å². The molecule has 0 radical (unpaired) electrons. The molecule has 0 saturated carbocycles. The summed E-state index contributed by atoms with van der Waals surface area (Å²) in [6.07, 6.45) is -1.76. The van der Waals surface area contributed by atoms with Crippen LogP contribution in [0, 0.1) is 17.7 Å². The molecule has 4 rings (SSSR count). The predicted molar refractivity (Wildman–Crippen MR) is 153 cm³/mol. The largest absolute Gasteiger partial charge is 0.540 e. The maximum atomic E-state index is 14.1. The Kier molecular flexibility index (Phi) is 8.56. The zero-order valence-electron chi connectivity index (χ0n) is 22.2. The fourth-order valence-corrected chi connectivity index (χ4v) is 5.16. The molecule has 0 aliphatic carbocycles. The molecule has 0 saturated heterocycles. The fourth-order valence-electron chi connectivity index (χ4n) is 4.53. The van der Waals surface area contributed by atoms with Crippen molar-refractivity contribution in [3.63, 3.8) is 0 Å². The first-order valence-electron chi connectivity index (χ1n) is 12.6. The molecule has 3 atom stereocenters. The second kappa shape index (κ2) is 11.9. The van der Waals surface area contributed by atoms with Gasteiger partial charge in [-0.3, -0.25) is 4.98 Å².